The van der Waals surface area contributed by atoms with Gasteiger partial charge in [-0.3, -0.25) is 0 Å². The lowest BCUT2D eigenvalue weighted by Gasteiger charge is -2.16. The highest BCUT2D eigenvalue weighted by molar-refractivity contribution is 6.32. The van der Waals surface area contributed by atoms with E-state index in [1.54, 1.807) is 0 Å². The molecule has 0 nitrogen and oxygen atoms in total. The Morgan fingerprint density at radius 2 is 1.71 bits per heavy atom. The Morgan fingerprint density at radius 1 is 1.00 bits per heavy atom. The number of benzene rings is 1. The van der Waals surface area contributed by atoms with E-state index in [-0.39, 0.29) is 0 Å². The molecule has 0 aliphatic carbocycles. The van der Waals surface area contributed by atoms with Gasteiger partial charge in [0.2, 0.25) is 0 Å². The smallest absolute Gasteiger partial charge is 0.0216 e. The lowest BCUT2D eigenvalue weighted by atomic mass is 9.91. The van der Waals surface area contributed by atoms with Crippen LogP contribution in [0.1, 0.15) is 57.2 Å². The van der Waals surface area contributed by atoms with Gasteiger partial charge in [-0.1, -0.05) is 57.5 Å². The zero-order valence-electron chi connectivity index (χ0n) is 11.4. The van der Waals surface area contributed by atoms with Crippen LogP contribution in [0.25, 0.3) is 5.57 Å². The van der Waals surface area contributed by atoms with Crippen molar-refractivity contribution in [3.63, 3.8) is 0 Å². The van der Waals surface area contributed by atoms with Crippen molar-refractivity contribution < 1.29 is 0 Å². The largest absolute Gasteiger partial charge is 0.0888 e. The van der Waals surface area contributed by atoms with Crippen molar-refractivity contribution in [3.8, 4) is 0 Å². The molecule has 0 bridgehead atoms. The third-order valence-corrected chi connectivity index (χ3v) is 3.82. The van der Waals surface area contributed by atoms with Gasteiger partial charge >= 0.3 is 0 Å². The van der Waals surface area contributed by atoms with Crippen LogP contribution in [0, 0.1) is 0 Å². The minimum atomic E-state index is 0.921. The van der Waals surface area contributed by atoms with Crippen LogP contribution in [0.4, 0.5) is 0 Å². The second-order valence-corrected chi connectivity index (χ2v) is 4.70. The predicted octanol–water partition coefficient (Wildman–Crippen LogP) is 5.58. The summed E-state index contributed by atoms with van der Waals surface area (Å²) in [5, 5.41) is 1.01. The summed E-state index contributed by atoms with van der Waals surface area (Å²) >= 11 is 6.37. The van der Waals surface area contributed by atoms with Gasteiger partial charge in [-0.25, -0.2) is 0 Å². The highest BCUT2D eigenvalue weighted by atomic mass is 35.5. The van der Waals surface area contributed by atoms with E-state index in [0.717, 1.165) is 30.7 Å². The zero-order chi connectivity index (χ0) is 12.8. The quantitative estimate of drug-likeness (QED) is 0.640. The summed E-state index contributed by atoms with van der Waals surface area (Å²) in [5.41, 5.74) is 5.61. The minimum Gasteiger partial charge on any atom is -0.0888 e. The molecule has 0 aliphatic heterocycles. The van der Waals surface area contributed by atoms with E-state index in [4.69, 9.17) is 11.6 Å². The fourth-order valence-electron chi connectivity index (χ4n) is 2.41. The SMILES string of the molecule is CCC(Cl)=C(CC)c1cccc(CC)c1CC. The van der Waals surface area contributed by atoms with E-state index in [2.05, 4.69) is 45.9 Å². The Hall–Kier alpha value is -0.750. The molecule has 1 heteroatoms. The molecular weight excluding hydrogens is 228 g/mol. The number of halogens is 1. The maximum Gasteiger partial charge on any atom is 0.0216 e. The van der Waals surface area contributed by atoms with Crippen molar-refractivity contribution in [1.82, 2.24) is 0 Å². The second kappa shape index (κ2) is 6.86. The van der Waals surface area contributed by atoms with Crippen LogP contribution in [-0.2, 0) is 12.8 Å². The van der Waals surface area contributed by atoms with E-state index in [1.165, 1.54) is 22.3 Å². The van der Waals surface area contributed by atoms with Crippen LogP contribution < -0.4 is 0 Å². The van der Waals surface area contributed by atoms with Gasteiger partial charge in [0.15, 0.2) is 0 Å². The first kappa shape index (κ1) is 14.3. The molecule has 1 rings (SSSR count). The third-order valence-electron chi connectivity index (χ3n) is 3.32. The topological polar surface area (TPSA) is 0 Å². The predicted molar refractivity (Wildman–Crippen MR) is 78.6 cm³/mol. The molecule has 0 aliphatic rings. The molecule has 0 N–H and O–H groups in total. The van der Waals surface area contributed by atoms with E-state index in [9.17, 15) is 0 Å². The Morgan fingerprint density at radius 3 is 2.18 bits per heavy atom. The third kappa shape index (κ3) is 3.13. The standard InChI is InChI=1S/C16H23Cl/c1-5-12-10-9-11-15(13(12)6-2)14(7-3)16(17)8-4/h9-11H,5-8H2,1-4H3. The van der Waals surface area contributed by atoms with Crippen LogP contribution in [0.15, 0.2) is 23.2 Å². The molecule has 0 saturated carbocycles. The number of hydrogen-bond donors (Lipinski definition) is 0. The van der Waals surface area contributed by atoms with E-state index in [1.807, 2.05) is 0 Å². The van der Waals surface area contributed by atoms with Crippen molar-refractivity contribution >= 4 is 17.2 Å². The molecule has 0 aromatic heterocycles. The average molecular weight is 251 g/mol. The van der Waals surface area contributed by atoms with Crippen LogP contribution >= 0.6 is 11.6 Å². The van der Waals surface area contributed by atoms with Gasteiger partial charge in [0.25, 0.3) is 0 Å². The highest BCUT2D eigenvalue weighted by Gasteiger charge is 2.11. The number of aryl methyl sites for hydroxylation is 1. The summed E-state index contributed by atoms with van der Waals surface area (Å²) < 4.78 is 0. The molecule has 0 spiro atoms. The average Bonchev–Trinajstić information content (AvgIpc) is 2.38. The van der Waals surface area contributed by atoms with Crippen molar-refractivity contribution in [2.24, 2.45) is 0 Å². The summed E-state index contributed by atoms with van der Waals surface area (Å²) in [5.74, 6) is 0. The molecule has 0 amide bonds. The summed E-state index contributed by atoms with van der Waals surface area (Å²) in [6.07, 6.45) is 4.10. The minimum absolute atomic E-state index is 0.921. The summed E-state index contributed by atoms with van der Waals surface area (Å²) in [6, 6.07) is 6.60. The molecule has 94 valence electrons. The van der Waals surface area contributed by atoms with Crippen molar-refractivity contribution in [2.45, 2.75) is 53.4 Å². The molecule has 17 heavy (non-hydrogen) atoms. The fraction of sp³-hybridized carbons (Fsp3) is 0.500. The van der Waals surface area contributed by atoms with Gasteiger partial charge in [0.05, 0.1) is 0 Å². The summed E-state index contributed by atoms with van der Waals surface area (Å²) in [6.45, 7) is 8.75. The number of rotatable bonds is 5. The molecule has 0 saturated heterocycles. The Bertz CT molecular complexity index is 402. The van der Waals surface area contributed by atoms with Crippen LogP contribution in [-0.4, -0.2) is 0 Å². The molecular formula is C16H23Cl. The van der Waals surface area contributed by atoms with Crippen LogP contribution in [0.5, 0.6) is 0 Å². The maximum atomic E-state index is 6.37. The van der Waals surface area contributed by atoms with Crippen LogP contribution in [0.3, 0.4) is 0 Å². The maximum absolute atomic E-state index is 6.37. The first-order valence-corrected chi connectivity index (χ1v) is 7.05. The van der Waals surface area contributed by atoms with Crippen molar-refractivity contribution in [3.05, 3.63) is 39.9 Å². The van der Waals surface area contributed by atoms with Gasteiger partial charge in [0.1, 0.15) is 0 Å². The fourth-order valence-corrected chi connectivity index (χ4v) is 2.64. The molecule has 1 aromatic rings. The van der Waals surface area contributed by atoms with Gasteiger partial charge < -0.3 is 0 Å². The summed E-state index contributed by atoms with van der Waals surface area (Å²) in [4.78, 5) is 0. The molecule has 0 fully saturated rings. The monoisotopic (exact) mass is 250 g/mol. The first-order valence-electron chi connectivity index (χ1n) is 6.68. The Labute approximate surface area is 111 Å². The van der Waals surface area contributed by atoms with Crippen LogP contribution in [0.2, 0.25) is 0 Å². The zero-order valence-corrected chi connectivity index (χ0v) is 12.2. The Balaban J connectivity index is 3.39. The van der Waals surface area contributed by atoms with Gasteiger partial charge in [-0.2, -0.15) is 0 Å². The van der Waals surface area contributed by atoms with Gasteiger partial charge in [-0.15, -0.1) is 0 Å². The van der Waals surface area contributed by atoms with Gasteiger partial charge in [0, 0.05) is 5.03 Å². The van der Waals surface area contributed by atoms with Gasteiger partial charge in [-0.05, 0) is 47.9 Å². The lowest BCUT2D eigenvalue weighted by molar-refractivity contribution is 1.02. The highest BCUT2D eigenvalue weighted by Crippen LogP contribution is 2.31. The normalized spacial score (nSPS) is 12.5. The van der Waals surface area contributed by atoms with Crippen molar-refractivity contribution in [1.29, 1.82) is 0 Å². The molecule has 0 unspecified atom stereocenters. The number of allylic oxidation sites excluding steroid dienone is 2. The Kier molecular flexibility index (Phi) is 5.77. The molecule has 0 radical (unpaired) electrons. The molecule has 1 aromatic carbocycles. The molecule has 0 atom stereocenters. The van der Waals surface area contributed by atoms with Crippen molar-refractivity contribution in [2.75, 3.05) is 0 Å². The van der Waals surface area contributed by atoms with E-state index in [0.29, 0.717) is 0 Å². The van der Waals surface area contributed by atoms with E-state index < -0.39 is 0 Å². The second-order valence-electron chi connectivity index (χ2n) is 4.24. The molecule has 0 heterocycles. The number of hydrogen-bond acceptors (Lipinski definition) is 0. The lowest BCUT2D eigenvalue weighted by Crippen LogP contribution is -1.98. The van der Waals surface area contributed by atoms with E-state index >= 15 is 0 Å². The first-order chi connectivity index (χ1) is 8.19. The summed E-state index contributed by atoms with van der Waals surface area (Å²) in [7, 11) is 0.